The molecule has 2 amide bonds. The zero-order chi connectivity index (χ0) is 17.8. The Balaban J connectivity index is 1.77. The van der Waals surface area contributed by atoms with E-state index in [2.05, 4.69) is 5.32 Å². The van der Waals surface area contributed by atoms with Gasteiger partial charge < -0.3 is 15.8 Å². The SMILES string of the molecule is NC(=O)c1ccc(C(=O)OC(C(=O)NC2CC2)c2ccccc2)cc1. The summed E-state index contributed by atoms with van der Waals surface area (Å²) in [4.78, 5) is 35.9. The maximum absolute atomic E-state index is 12.5. The Kier molecular flexibility index (Phi) is 4.79. The molecule has 25 heavy (non-hydrogen) atoms. The van der Waals surface area contributed by atoms with Crippen LogP contribution in [0.4, 0.5) is 0 Å². The topological polar surface area (TPSA) is 98.5 Å². The number of benzene rings is 2. The number of nitrogens with one attached hydrogen (secondary N) is 1. The summed E-state index contributed by atoms with van der Waals surface area (Å²) in [5, 5.41) is 2.86. The molecule has 1 saturated carbocycles. The van der Waals surface area contributed by atoms with E-state index in [0.29, 0.717) is 11.1 Å². The first-order valence-corrected chi connectivity index (χ1v) is 8.01. The molecule has 1 atom stereocenters. The van der Waals surface area contributed by atoms with Gasteiger partial charge in [0, 0.05) is 17.2 Å². The van der Waals surface area contributed by atoms with Gasteiger partial charge >= 0.3 is 5.97 Å². The van der Waals surface area contributed by atoms with Crippen molar-refractivity contribution < 1.29 is 19.1 Å². The molecule has 0 bridgehead atoms. The van der Waals surface area contributed by atoms with Gasteiger partial charge in [0.1, 0.15) is 0 Å². The lowest BCUT2D eigenvalue weighted by Crippen LogP contribution is -2.33. The van der Waals surface area contributed by atoms with Crippen LogP contribution in [0.1, 0.15) is 45.2 Å². The Morgan fingerprint density at radius 3 is 2.12 bits per heavy atom. The molecule has 3 N–H and O–H groups in total. The van der Waals surface area contributed by atoms with Gasteiger partial charge in [0.25, 0.3) is 5.91 Å². The van der Waals surface area contributed by atoms with Crippen LogP contribution in [0.3, 0.4) is 0 Å². The fourth-order valence-corrected chi connectivity index (χ4v) is 2.35. The average molecular weight is 338 g/mol. The summed E-state index contributed by atoms with van der Waals surface area (Å²) < 4.78 is 5.45. The maximum atomic E-state index is 12.5. The highest BCUT2D eigenvalue weighted by molar-refractivity contribution is 5.96. The number of carbonyl (C=O) groups is 3. The van der Waals surface area contributed by atoms with Gasteiger partial charge in [-0.15, -0.1) is 0 Å². The van der Waals surface area contributed by atoms with Crippen LogP contribution in [0.15, 0.2) is 54.6 Å². The molecule has 1 unspecified atom stereocenters. The van der Waals surface area contributed by atoms with Crippen molar-refractivity contribution in [2.24, 2.45) is 5.73 Å². The summed E-state index contributed by atoms with van der Waals surface area (Å²) in [6.07, 6.45) is 0.857. The van der Waals surface area contributed by atoms with Crippen LogP contribution in [0.25, 0.3) is 0 Å². The van der Waals surface area contributed by atoms with E-state index < -0.39 is 18.0 Å². The van der Waals surface area contributed by atoms with Crippen LogP contribution in [0.2, 0.25) is 0 Å². The number of hydrogen-bond acceptors (Lipinski definition) is 4. The quantitative estimate of drug-likeness (QED) is 0.787. The van der Waals surface area contributed by atoms with Gasteiger partial charge in [-0.05, 0) is 37.1 Å². The number of amides is 2. The predicted octanol–water partition coefficient (Wildman–Crippen LogP) is 1.96. The summed E-state index contributed by atoms with van der Waals surface area (Å²) in [6.45, 7) is 0. The summed E-state index contributed by atoms with van der Waals surface area (Å²) in [6, 6.07) is 14.8. The molecule has 1 fully saturated rings. The molecule has 0 heterocycles. The second kappa shape index (κ2) is 7.17. The predicted molar refractivity (Wildman–Crippen MR) is 90.7 cm³/mol. The lowest BCUT2D eigenvalue weighted by Gasteiger charge is -2.18. The van der Waals surface area contributed by atoms with Gasteiger partial charge in [-0.1, -0.05) is 30.3 Å². The largest absolute Gasteiger partial charge is 0.444 e. The summed E-state index contributed by atoms with van der Waals surface area (Å²) in [5.41, 5.74) is 6.32. The fraction of sp³-hybridized carbons (Fsp3) is 0.211. The molecule has 0 radical (unpaired) electrons. The zero-order valence-electron chi connectivity index (χ0n) is 13.5. The third-order valence-corrected chi connectivity index (χ3v) is 3.89. The maximum Gasteiger partial charge on any atom is 0.339 e. The Bertz CT molecular complexity index is 783. The van der Waals surface area contributed by atoms with Gasteiger partial charge in [-0.2, -0.15) is 0 Å². The standard InChI is InChI=1S/C19H18N2O4/c20-17(22)13-6-8-14(9-7-13)19(24)25-16(12-4-2-1-3-5-12)18(23)21-15-10-11-15/h1-9,15-16H,10-11H2,(H2,20,22)(H,21,23). The molecule has 0 saturated heterocycles. The Morgan fingerprint density at radius 1 is 0.960 bits per heavy atom. The molecular formula is C19H18N2O4. The molecule has 6 heteroatoms. The van der Waals surface area contributed by atoms with Gasteiger partial charge in [-0.25, -0.2) is 4.79 Å². The van der Waals surface area contributed by atoms with E-state index in [9.17, 15) is 14.4 Å². The highest BCUT2D eigenvalue weighted by Gasteiger charge is 2.31. The van der Waals surface area contributed by atoms with Crippen molar-refractivity contribution in [3.05, 3.63) is 71.3 Å². The first-order valence-electron chi connectivity index (χ1n) is 8.01. The molecule has 0 aliphatic heterocycles. The van der Waals surface area contributed by atoms with E-state index in [4.69, 9.17) is 10.5 Å². The third-order valence-electron chi connectivity index (χ3n) is 3.89. The summed E-state index contributed by atoms with van der Waals surface area (Å²) in [5.74, 6) is -1.56. The van der Waals surface area contributed by atoms with Crippen LogP contribution in [-0.4, -0.2) is 23.8 Å². The van der Waals surface area contributed by atoms with Crippen molar-refractivity contribution in [3.63, 3.8) is 0 Å². The van der Waals surface area contributed by atoms with Crippen molar-refractivity contribution in [1.82, 2.24) is 5.32 Å². The number of esters is 1. The number of hydrogen-bond donors (Lipinski definition) is 2. The van der Waals surface area contributed by atoms with Crippen LogP contribution in [-0.2, 0) is 9.53 Å². The first-order chi connectivity index (χ1) is 12.0. The van der Waals surface area contributed by atoms with E-state index in [-0.39, 0.29) is 17.5 Å². The first kappa shape index (κ1) is 16.7. The number of nitrogens with two attached hydrogens (primary N) is 1. The molecule has 2 aromatic rings. The molecule has 0 spiro atoms. The smallest absolute Gasteiger partial charge is 0.339 e. The van der Waals surface area contributed by atoms with Gasteiger partial charge in [0.05, 0.1) is 5.56 Å². The van der Waals surface area contributed by atoms with E-state index in [0.717, 1.165) is 12.8 Å². The monoisotopic (exact) mass is 338 g/mol. The van der Waals surface area contributed by atoms with E-state index >= 15 is 0 Å². The number of ether oxygens (including phenoxy) is 1. The Morgan fingerprint density at radius 2 is 1.56 bits per heavy atom. The van der Waals surface area contributed by atoms with E-state index in [1.54, 1.807) is 24.3 Å². The lowest BCUT2D eigenvalue weighted by molar-refractivity contribution is -0.130. The van der Waals surface area contributed by atoms with E-state index in [1.165, 1.54) is 24.3 Å². The fourth-order valence-electron chi connectivity index (χ4n) is 2.35. The molecule has 1 aliphatic rings. The van der Waals surface area contributed by atoms with Crippen molar-refractivity contribution in [2.75, 3.05) is 0 Å². The minimum absolute atomic E-state index is 0.160. The highest BCUT2D eigenvalue weighted by atomic mass is 16.5. The lowest BCUT2D eigenvalue weighted by atomic mass is 10.1. The minimum atomic E-state index is -1.02. The minimum Gasteiger partial charge on any atom is -0.444 e. The van der Waals surface area contributed by atoms with E-state index in [1.807, 2.05) is 6.07 Å². The molecule has 2 aromatic carbocycles. The zero-order valence-corrected chi connectivity index (χ0v) is 13.5. The van der Waals surface area contributed by atoms with Crippen LogP contribution in [0.5, 0.6) is 0 Å². The van der Waals surface area contributed by atoms with Crippen molar-refractivity contribution in [3.8, 4) is 0 Å². The molecule has 3 rings (SSSR count). The summed E-state index contributed by atoms with van der Waals surface area (Å²) in [7, 11) is 0. The van der Waals surface area contributed by atoms with Gasteiger partial charge in [0.2, 0.25) is 12.0 Å². The summed E-state index contributed by atoms with van der Waals surface area (Å²) >= 11 is 0. The van der Waals surface area contributed by atoms with Crippen molar-refractivity contribution in [1.29, 1.82) is 0 Å². The van der Waals surface area contributed by atoms with Gasteiger partial charge in [-0.3, -0.25) is 9.59 Å². The van der Waals surface area contributed by atoms with Crippen LogP contribution in [0, 0.1) is 0 Å². The Labute approximate surface area is 145 Å². The van der Waals surface area contributed by atoms with Crippen LogP contribution >= 0.6 is 0 Å². The second-order valence-corrected chi connectivity index (χ2v) is 5.92. The highest BCUT2D eigenvalue weighted by Crippen LogP contribution is 2.24. The number of rotatable bonds is 6. The molecular weight excluding hydrogens is 320 g/mol. The number of carbonyl (C=O) groups excluding carboxylic acids is 3. The molecule has 128 valence electrons. The Hall–Kier alpha value is -3.15. The van der Waals surface area contributed by atoms with Crippen molar-refractivity contribution >= 4 is 17.8 Å². The molecule has 0 aromatic heterocycles. The second-order valence-electron chi connectivity index (χ2n) is 5.92. The molecule has 1 aliphatic carbocycles. The van der Waals surface area contributed by atoms with Gasteiger partial charge in [0.15, 0.2) is 0 Å². The normalized spacial score (nSPS) is 14.4. The van der Waals surface area contributed by atoms with Crippen LogP contribution < -0.4 is 11.1 Å². The third kappa shape index (κ3) is 4.23. The molecule has 6 nitrogen and oxygen atoms in total. The average Bonchev–Trinajstić information content (AvgIpc) is 3.44. The number of primary amides is 1. The van der Waals surface area contributed by atoms with Crippen molar-refractivity contribution in [2.45, 2.75) is 25.0 Å².